The Morgan fingerprint density at radius 3 is 3.00 bits per heavy atom. The number of carbonyl (C=O) groups excluding carboxylic acids is 1. The number of alkyl halides is 1. The first-order chi connectivity index (χ1) is 5.33. The molecule has 1 N–H and O–H groups in total. The molecule has 0 bridgehead atoms. The van der Waals surface area contributed by atoms with Gasteiger partial charge in [0.05, 0.1) is 6.20 Å². The summed E-state index contributed by atoms with van der Waals surface area (Å²) in [4.78, 5) is 18.2. The van der Waals surface area contributed by atoms with Gasteiger partial charge < -0.3 is 5.32 Å². The minimum atomic E-state index is -0.285. The molecule has 11 heavy (non-hydrogen) atoms. The van der Waals surface area contributed by atoms with Crippen molar-refractivity contribution in [3.05, 3.63) is 18.6 Å². The van der Waals surface area contributed by atoms with E-state index in [1.807, 2.05) is 0 Å². The third kappa shape index (κ3) is 2.51. The lowest BCUT2D eigenvalue weighted by molar-refractivity contribution is -0.113. The van der Waals surface area contributed by atoms with E-state index in [4.69, 9.17) is 11.6 Å². The number of halogens is 1. The van der Waals surface area contributed by atoms with Gasteiger partial charge in [-0.05, 0) is 0 Å². The van der Waals surface area contributed by atoms with E-state index >= 15 is 0 Å². The molecule has 4 nitrogen and oxygen atoms in total. The number of aromatic nitrogens is 2. The van der Waals surface area contributed by atoms with Crippen molar-refractivity contribution in [2.45, 2.75) is 0 Å². The lowest BCUT2D eigenvalue weighted by Crippen LogP contribution is -2.13. The van der Waals surface area contributed by atoms with Gasteiger partial charge in [-0.2, -0.15) is 0 Å². The summed E-state index contributed by atoms with van der Waals surface area (Å²) < 4.78 is 0. The van der Waals surface area contributed by atoms with E-state index in [1.54, 1.807) is 0 Å². The van der Waals surface area contributed by atoms with Crippen molar-refractivity contribution in [2.24, 2.45) is 0 Å². The predicted molar refractivity (Wildman–Crippen MR) is 41.4 cm³/mol. The molecular formula is C6H6ClN3O. The average Bonchev–Trinajstić information content (AvgIpc) is 2.06. The molecule has 58 valence electrons. The molecule has 0 saturated carbocycles. The molecule has 0 aliphatic heterocycles. The Balaban J connectivity index is 2.58. The van der Waals surface area contributed by atoms with Crippen LogP contribution in [0.1, 0.15) is 0 Å². The number of hydrogen-bond acceptors (Lipinski definition) is 3. The molecule has 0 fully saturated rings. The molecule has 0 spiro atoms. The Labute approximate surface area is 68.6 Å². The average molecular weight is 172 g/mol. The van der Waals surface area contributed by atoms with E-state index in [0.29, 0.717) is 5.82 Å². The topological polar surface area (TPSA) is 54.9 Å². The highest BCUT2D eigenvalue weighted by molar-refractivity contribution is 6.28. The van der Waals surface area contributed by atoms with E-state index in [-0.39, 0.29) is 11.8 Å². The van der Waals surface area contributed by atoms with Crippen LogP contribution in [0.25, 0.3) is 0 Å². The summed E-state index contributed by atoms with van der Waals surface area (Å²) in [6, 6.07) is 0. The summed E-state index contributed by atoms with van der Waals surface area (Å²) in [5.41, 5.74) is 0. The first-order valence-corrected chi connectivity index (χ1v) is 3.48. The highest BCUT2D eigenvalue weighted by Crippen LogP contribution is 1.96. The van der Waals surface area contributed by atoms with Gasteiger partial charge in [-0.1, -0.05) is 0 Å². The maximum absolute atomic E-state index is 10.7. The quantitative estimate of drug-likeness (QED) is 0.665. The highest BCUT2D eigenvalue weighted by atomic mass is 35.5. The van der Waals surface area contributed by atoms with Crippen molar-refractivity contribution in [3.8, 4) is 0 Å². The van der Waals surface area contributed by atoms with E-state index < -0.39 is 0 Å². The largest absolute Gasteiger partial charge is 0.308 e. The molecule has 1 aromatic heterocycles. The molecule has 0 unspecified atom stereocenters. The Morgan fingerprint density at radius 2 is 2.45 bits per heavy atom. The van der Waals surface area contributed by atoms with Crippen LogP contribution < -0.4 is 5.32 Å². The van der Waals surface area contributed by atoms with Crippen LogP contribution in [0.5, 0.6) is 0 Å². The number of anilines is 1. The van der Waals surface area contributed by atoms with Gasteiger partial charge in [0, 0.05) is 12.4 Å². The van der Waals surface area contributed by atoms with Crippen molar-refractivity contribution in [3.63, 3.8) is 0 Å². The fraction of sp³-hybridized carbons (Fsp3) is 0.167. The summed E-state index contributed by atoms with van der Waals surface area (Å²) in [5.74, 6) is 0.0571. The fourth-order valence-corrected chi connectivity index (χ4v) is 0.607. The van der Waals surface area contributed by atoms with Crippen LogP contribution >= 0.6 is 11.6 Å². The van der Waals surface area contributed by atoms with Crippen LogP contribution in [-0.4, -0.2) is 21.8 Å². The van der Waals surface area contributed by atoms with Gasteiger partial charge in [-0.15, -0.1) is 11.6 Å². The van der Waals surface area contributed by atoms with Crippen LogP contribution in [0.4, 0.5) is 5.82 Å². The first-order valence-electron chi connectivity index (χ1n) is 2.95. The van der Waals surface area contributed by atoms with E-state index in [0.717, 1.165) is 0 Å². The number of rotatable bonds is 2. The summed E-state index contributed by atoms with van der Waals surface area (Å²) in [5, 5.41) is 2.45. The predicted octanol–water partition coefficient (Wildman–Crippen LogP) is 0.654. The summed E-state index contributed by atoms with van der Waals surface area (Å²) in [6.45, 7) is 0. The second-order valence-electron chi connectivity index (χ2n) is 1.77. The van der Waals surface area contributed by atoms with Gasteiger partial charge in [0.2, 0.25) is 5.91 Å². The zero-order valence-electron chi connectivity index (χ0n) is 5.62. The molecule has 1 amide bonds. The Morgan fingerprint density at radius 1 is 1.64 bits per heavy atom. The summed E-state index contributed by atoms with van der Waals surface area (Å²) in [6.07, 6.45) is 4.46. The van der Waals surface area contributed by atoms with Gasteiger partial charge >= 0.3 is 0 Å². The monoisotopic (exact) mass is 171 g/mol. The molecule has 0 aliphatic carbocycles. The lowest BCUT2D eigenvalue weighted by Gasteiger charge is -1.98. The van der Waals surface area contributed by atoms with E-state index in [1.165, 1.54) is 18.6 Å². The second kappa shape index (κ2) is 3.88. The van der Waals surface area contributed by atoms with Crippen LogP contribution in [0.2, 0.25) is 0 Å². The van der Waals surface area contributed by atoms with Gasteiger partial charge in [-0.25, -0.2) is 4.98 Å². The Kier molecular flexibility index (Phi) is 2.80. The van der Waals surface area contributed by atoms with Crippen molar-refractivity contribution in [1.82, 2.24) is 9.97 Å². The summed E-state index contributed by atoms with van der Waals surface area (Å²) in [7, 11) is 0. The zero-order valence-corrected chi connectivity index (χ0v) is 6.38. The van der Waals surface area contributed by atoms with E-state index in [9.17, 15) is 4.79 Å². The lowest BCUT2D eigenvalue weighted by atomic mass is 10.6. The molecule has 0 saturated heterocycles. The van der Waals surface area contributed by atoms with Crippen molar-refractivity contribution < 1.29 is 4.79 Å². The summed E-state index contributed by atoms with van der Waals surface area (Å²) >= 11 is 5.24. The molecule has 1 aromatic rings. The number of nitrogens with zero attached hydrogens (tertiary/aromatic N) is 2. The highest BCUT2D eigenvalue weighted by Gasteiger charge is 1.98. The standard InChI is InChI=1S/C6H6ClN3O/c7-3-6(11)10-5-4-8-1-2-9-5/h1-2,4H,3H2,(H,9,10,11). The van der Waals surface area contributed by atoms with Crippen LogP contribution in [-0.2, 0) is 4.79 Å². The van der Waals surface area contributed by atoms with Crippen LogP contribution in [0, 0.1) is 0 Å². The molecule has 5 heteroatoms. The normalized spacial score (nSPS) is 9.18. The number of amides is 1. The van der Waals surface area contributed by atoms with Crippen LogP contribution in [0.3, 0.4) is 0 Å². The molecule has 1 rings (SSSR count). The number of hydrogen-bond donors (Lipinski definition) is 1. The van der Waals surface area contributed by atoms with Crippen molar-refractivity contribution in [2.75, 3.05) is 11.2 Å². The van der Waals surface area contributed by atoms with Gasteiger partial charge in [0.25, 0.3) is 0 Å². The SMILES string of the molecule is O=C(CCl)Nc1cnccn1. The maximum atomic E-state index is 10.7. The molecular weight excluding hydrogens is 166 g/mol. The van der Waals surface area contributed by atoms with Gasteiger partial charge in [0.15, 0.2) is 5.82 Å². The fourth-order valence-electron chi connectivity index (χ4n) is 0.540. The molecule has 0 aliphatic rings. The minimum Gasteiger partial charge on any atom is -0.308 e. The second-order valence-corrected chi connectivity index (χ2v) is 2.04. The molecule has 0 atom stereocenters. The number of nitrogens with one attached hydrogen (secondary N) is 1. The maximum Gasteiger partial charge on any atom is 0.240 e. The Hall–Kier alpha value is -1.16. The smallest absolute Gasteiger partial charge is 0.240 e. The van der Waals surface area contributed by atoms with Crippen molar-refractivity contribution >= 4 is 23.3 Å². The van der Waals surface area contributed by atoms with Crippen LogP contribution in [0.15, 0.2) is 18.6 Å². The third-order valence-corrected chi connectivity index (χ3v) is 1.19. The first kappa shape index (κ1) is 7.94. The zero-order chi connectivity index (χ0) is 8.10. The number of carbonyl (C=O) groups is 1. The van der Waals surface area contributed by atoms with Crippen molar-refractivity contribution in [1.29, 1.82) is 0 Å². The molecule has 0 aromatic carbocycles. The van der Waals surface area contributed by atoms with Gasteiger partial charge in [-0.3, -0.25) is 9.78 Å². The molecule has 1 heterocycles. The van der Waals surface area contributed by atoms with E-state index in [2.05, 4.69) is 15.3 Å². The third-order valence-electron chi connectivity index (χ3n) is 0.952. The Bertz CT molecular complexity index is 239. The molecule has 0 radical (unpaired) electrons. The minimum absolute atomic E-state index is 0.0728. The van der Waals surface area contributed by atoms with Gasteiger partial charge in [0.1, 0.15) is 5.88 Å².